The molecule has 4 nitrogen and oxygen atoms in total. The van der Waals surface area contributed by atoms with Crippen LogP contribution in [0.25, 0.3) is 0 Å². The van der Waals surface area contributed by atoms with Gasteiger partial charge in [0.25, 0.3) is 5.91 Å². The van der Waals surface area contributed by atoms with Crippen molar-refractivity contribution in [2.45, 2.75) is 5.92 Å². The van der Waals surface area contributed by atoms with Gasteiger partial charge in [-0.25, -0.2) is 8.78 Å². The van der Waals surface area contributed by atoms with E-state index in [1.807, 2.05) is 12.1 Å². The maximum absolute atomic E-state index is 13.6. The Bertz CT molecular complexity index is 902. The molecule has 0 aliphatic heterocycles. The zero-order chi connectivity index (χ0) is 19.9. The number of para-hydroxylation sites is 1. The summed E-state index contributed by atoms with van der Waals surface area (Å²) >= 11 is 0. The lowest BCUT2D eigenvalue weighted by Crippen LogP contribution is -2.25. The first kappa shape index (κ1) is 19.2. The highest BCUT2D eigenvalue weighted by atomic mass is 19.1. The van der Waals surface area contributed by atoms with Crippen LogP contribution < -0.4 is 5.32 Å². The molecular weight excluding hydrogens is 364 g/mol. The molecule has 0 unspecified atom stereocenters. The van der Waals surface area contributed by atoms with Crippen molar-refractivity contribution in [2.75, 3.05) is 11.9 Å². The lowest BCUT2D eigenvalue weighted by Gasteiger charge is -2.17. The summed E-state index contributed by atoms with van der Waals surface area (Å²) < 4.78 is 32.4. The quantitative estimate of drug-likeness (QED) is 0.649. The number of nitrogens with one attached hydrogen (secondary N) is 1. The maximum atomic E-state index is 13.6. The van der Waals surface area contributed by atoms with E-state index < -0.39 is 41.7 Å². The van der Waals surface area contributed by atoms with Crippen molar-refractivity contribution in [3.63, 3.8) is 0 Å². The standard InChI is InChI=1S/C22H17F2NO3/c23-17-12-7-13-18(24)21(17)25-19(26)14-28-22(27)20(15-8-3-1-4-9-15)16-10-5-2-6-11-16/h1-13,20H,14H2,(H,25,26). The summed E-state index contributed by atoms with van der Waals surface area (Å²) in [5.74, 6) is -4.02. The molecule has 0 aliphatic carbocycles. The number of anilines is 1. The van der Waals surface area contributed by atoms with Crippen LogP contribution >= 0.6 is 0 Å². The molecule has 1 N–H and O–H groups in total. The van der Waals surface area contributed by atoms with Crippen LogP contribution in [-0.2, 0) is 14.3 Å². The fraction of sp³-hybridized carbons (Fsp3) is 0.0909. The van der Waals surface area contributed by atoms with E-state index in [1.54, 1.807) is 48.5 Å². The number of amides is 1. The highest BCUT2D eigenvalue weighted by Gasteiger charge is 2.25. The molecule has 3 rings (SSSR count). The number of hydrogen-bond donors (Lipinski definition) is 1. The molecule has 0 heterocycles. The number of esters is 1. The summed E-state index contributed by atoms with van der Waals surface area (Å²) in [6.07, 6.45) is 0. The lowest BCUT2D eigenvalue weighted by molar-refractivity contribution is -0.147. The van der Waals surface area contributed by atoms with E-state index in [2.05, 4.69) is 5.32 Å². The molecule has 142 valence electrons. The van der Waals surface area contributed by atoms with Gasteiger partial charge in [0.05, 0.1) is 0 Å². The molecule has 0 radical (unpaired) electrons. The molecule has 0 fully saturated rings. The number of halogens is 2. The Morgan fingerprint density at radius 2 is 1.29 bits per heavy atom. The minimum atomic E-state index is -0.911. The van der Waals surface area contributed by atoms with Gasteiger partial charge in [0.1, 0.15) is 23.2 Å². The van der Waals surface area contributed by atoms with E-state index in [9.17, 15) is 18.4 Å². The summed E-state index contributed by atoms with van der Waals surface area (Å²) in [5, 5.41) is 2.09. The molecule has 6 heteroatoms. The molecule has 0 bridgehead atoms. The molecule has 28 heavy (non-hydrogen) atoms. The van der Waals surface area contributed by atoms with Crippen LogP contribution in [0.3, 0.4) is 0 Å². The molecule has 3 aromatic carbocycles. The summed E-state index contributed by atoms with van der Waals surface area (Å²) in [7, 11) is 0. The summed E-state index contributed by atoms with van der Waals surface area (Å²) in [6.45, 7) is -0.664. The molecule has 1 amide bonds. The third-order valence-electron chi connectivity index (χ3n) is 4.07. The van der Waals surface area contributed by atoms with Gasteiger partial charge in [-0.2, -0.15) is 0 Å². The Hall–Kier alpha value is -3.54. The van der Waals surface area contributed by atoms with Crippen molar-refractivity contribution in [1.29, 1.82) is 0 Å². The van der Waals surface area contributed by atoms with Crippen molar-refractivity contribution in [1.82, 2.24) is 0 Å². The van der Waals surface area contributed by atoms with E-state index in [0.717, 1.165) is 12.1 Å². The number of carbonyl (C=O) groups excluding carboxylic acids is 2. The number of carbonyl (C=O) groups is 2. The second-order valence-electron chi connectivity index (χ2n) is 6.01. The largest absolute Gasteiger partial charge is 0.455 e. The van der Waals surface area contributed by atoms with Crippen LogP contribution in [0.4, 0.5) is 14.5 Å². The number of hydrogen-bond acceptors (Lipinski definition) is 3. The average Bonchev–Trinajstić information content (AvgIpc) is 2.71. The minimum absolute atomic E-state index is 0.578. The molecule has 0 aromatic heterocycles. The molecule has 0 spiro atoms. The summed E-state index contributed by atoms with van der Waals surface area (Å²) in [6, 6.07) is 21.2. The van der Waals surface area contributed by atoms with E-state index in [1.165, 1.54) is 6.07 Å². The lowest BCUT2D eigenvalue weighted by atomic mass is 9.91. The first-order valence-electron chi connectivity index (χ1n) is 8.56. The van der Waals surface area contributed by atoms with Crippen molar-refractivity contribution in [3.05, 3.63) is 102 Å². The Balaban J connectivity index is 1.71. The van der Waals surface area contributed by atoms with E-state index in [4.69, 9.17) is 4.74 Å². The Labute approximate surface area is 160 Å². The molecule has 0 saturated carbocycles. The predicted molar refractivity (Wildman–Crippen MR) is 101 cm³/mol. The van der Waals surface area contributed by atoms with Crippen LogP contribution in [-0.4, -0.2) is 18.5 Å². The maximum Gasteiger partial charge on any atom is 0.318 e. The second kappa shape index (κ2) is 8.90. The van der Waals surface area contributed by atoms with Crippen LogP contribution in [0.1, 0.15) is 17.0 Å². The van der Waals surface area contributed by atoms with Crippen molar-refractivity contribution < 1.29 is 23.1 Å². The first-order valence-corrected chi connectivity index (χ1v) is 8.56. The molecule has 0 aliphatic rings. The molecular formula is C22H17F2NO3. The number of ether oxygens (including phenoxy) is 1. The topological polar surface area (TPSA) is 55.4 Å². The molecule has 0 saturated heterocycles. The molecule has 0 atom stereocenters. The smallest absolute Gasteiger partial charge is 0.318 e. The monoisotopic (exact) mass is 381 g/mol. The van der Waals surface area contributed by atoms with Gasteiger partial charge in [-0.1, -0.05) is 66.7 Å². The third-order valence-corrected chi connectivity index (χ3v) is 4.07. The fourth-order valence-electron chi connectivity index (χ4n) is 2.77. The second-order valence-corrected chi connectivity index (χ2v) is 6.01. The van der Waals surface area contributed by atoms with Crippen molar-refractivity contribution in [3.8, 4) is 0 Å². The Morgan fingerprint density at radius 1 is 0.786 bits per heavy atom. The molecule has 3 aromatic rings. The zero-order valence-electron chi connectivity index (χ0n) is 14.8. The number of benzene rings is 3. The van der Waals surface area contributed by atoms with Gasteiger partial charge in [-0.05, 0) is 23.3 Å². The minimum Gasteiger partial charge on any atom is -0.455 e. The van der Waals surface area contributed by atoms with Crippen LogP contribution in [0.2, 0.25) is 0 Å². The summed E-state index contributed by atoms with van der Waals surface area (Å²) in [4.78, 5) is 24.7. The van der Waals surface area contributed by atoms with Crippen molar-refractivity contribution in [2.24, 2.45) is 0 Å². The van der Waals surface area contributed by atoms with Crippen LogP contribution in [0.5, 0.6) is 0 Å². The van der Waals surface area contributed by atoms with Crippen molar-refractivity contribution >= 4 is 17.6 Å². The third kappa shape index (κ3) is 4.59. The van der Waals surface area contributed by atoms with Gasteiger partial charge < -0.3 is 10.1 Å². The normalized spacial score (nSPS) is 10.5. The van der Waals surface area contributed by atoms with Gasteiger partial charge in [0, 0.05) is 0 Å². The Morgan fingerprint density at radius 3 is 1.79 bits per heavy atom. The SMILES string of the molecule is O=C(COC(=O)C(c1ccccc1)c1ccccc1)Nc1c(F)cccc1F. The number of rotatable bonds is 6. The van der Waals surface area contributed by atoms with Gasteiger partial charge in [-0.3, -0.25) is 9.59 Å². The first-order chi connectivity index (χ1) is 13.6. The van der Waals surface area contributed by atoms with Crippen LogP contribution in [0, 0.1) is 11.6 Å². The van der Waals surface area contributed by atoms with Gasteiger partial charge in [0.2, 0.25) is 0 Å². The van der Waals surface area contributed by atoms with Crippen LogP contribution in [0.15, 0.2) is 78.9 Å². The highest BCUT2D eigenvalue weighted by Crippen LogP contribution is 2.26. The average molecular weight is 381 g/mol. The van der Waals surface area contributed by atoms with Gasteiger partial charge in [0.15, 0.2) is 6.61 Å². The van der Waals surface area contributed by atoms with Gasteiger partial charge in [-0.15, -0.1) is 0 Å². The van der Waals surface area contributed by atoms with Gasteiger partial charge >= 0.3 is 5.97 Å². The summed E-state index contributed by atoms with van der Waals surface area (Å²) in [5.41, 5.74) is 0.838. The fourth-order valence-corrected chi connectivity index (χ4v) is 2.77. The highest BCUT2D eigenvalue weighted by molar-refractivity contribution is 5.93. The predicted octanol–water partition coefficient (Wildman–Crippen LogP) is 4.28. The van der Waals surface area contributed by atoms with E-state index in [0.29, 0.717) is 11.1 Å². The zero-order valence-corrected chi connectivity index (χ0v) is 14.8. The van der Waals surface area contributed by atoms with E-state index in [-0.39, 0.29) is 0 Å². The van der Waals surface area contributed by atoms with E-state index >= 15 is 0 Å². The Kier molecular flexibility index (Phi) is 6.11.